The van der Waals surface area contributed by atoms with Gasteiger partial charge in [0.2, 0.25) is 5.91 Å². The number of ether oxygens (including phenoxy) is 1. The van der Waals surface area contributed by atoms with Crippen molar-refractivity contribution in [2.45, 2.75) is 30.3 Å². The van der Waals surface area contributed by atoms with E-state index in [4.69, 9.17) is 16.3 Å². The number of carbonyl (C=O) groups is 1. The highest BCUT2D eigenvalue weighted by molar-refractivity contribution is 6.21. The van der Waals surface area contributed by atoms with Gasteiger partial charge in [-0.25, -0.2) is 9.37 Å². The molecule has 0 radical (unpaired) electrons. The summed E-state index contributed by atoms with van der Waals surface area (Å²) >= 11 is 6.61. The van der Waals surface area contributed by atoms with Crippen LogP contribution in [0.15, 0.2) is 36.5 Å². The SMILES string of the molecule is COc1cccc(F)c1C1CCN(c2ccnc(NNC(=O)CC(F)(F)F)c2)CC1Cl. The maximum atomic E-state index is 14.4. The van der Waals surface area contributed by atoms with Crippen LogP contribution in [0.4, 0.5) is 29.1 Å². The van der Waals surface area contributed by atoms with Crippen LogP contribution in [0.3, 0.4) is 0 Å². The number of amides is 1. The van der Waals surface area contributed by atoms with E-state index in [0.717, 1.165) is 0 Å². The first kappa shape index (κ1) is 22.9. The zero-order valence-electron chi connectivity index (χ0n) is 16.5. The minimum Gasteiger partial charge on any atom is -0.496 e. The van der Waals surface area contributed by atoms with E-state index >= 15 is 0 Å². The van der Waals surface area contributed by atoms with Crippen LogP contribution in [0.25, 0.3) is 0 Å². The van der Waals surface area contributed by atoms with Crippen molar-refractivity contribution in [3.8, 4) is 5.75 Å². The summed E-state index contributed by atoms with van der Waals surface area (Å²) < 4.78 is 56.5. The van der Waals surface area contributed by atoms with E-state index in [1.54, 1.807) is 24.3 Å². The monoisotopic (exact) mass is 460 g/mol. The number of alkyl halides is 4. The Kier molecular flexibility index (Phi) is 7.09. The second kappa shape index (κ2) is 9.59. The maximum absolute atomic E-state index is 14.4. The van der Waals surface area contributed by atoms with Gasteiger partial charge in [-0.3, -0.25) is 15.6 Å². The van der Waals surface area contributed by atoms with Crippen LogP contribution in [0.2, 0.25) is 0 Å². The van der Waals surface area contributed by atoms with E-state index in [2.05, 4.69) is 10.4 Å². The van der Waals surface area contributed by atoms with Crippen LogP contribution < -0.4 is 20.5 Å². The van der Waals surface area contributed by atoms with E-state index in [9.17, 15) is 22.4 Å². The number of anilines is 2. The zero-order chi connectivity index (χ0) is 22.6. The van der Waals surface area contributed by atoms with Gasteiger partial charge in [-0.05, 0) is 24.6 Å². The third kappa shape index (κ3) is 5.90. The molecule has 2 N–H and O–H groups in total. The molecule has 0 saturated carbocycles. The number of rotatable bonds is 6. The number of hydrogen-bond acceptors (Lipinski definition) is 5. The zero-order valence-corrected chi connectivity index (χ0v) is 17.3. The number of methoxy groups -OCH3 is 1. The van der Waals surface area contributed by atoms with Gasteiger partial charge in [0, 0.05) is 42.5 Å². The van der Waals surface area contributed by atoms with E-state index < -0.39 is 23.9 Å². The molecule has 1 aliphatic heterocycles. The second-order valence-corrected chi connectivity index (χ2v) is 7.64. The molecule has 1 saturated heterocycles. The number of aromatic nitrogens is 1. The van der Waals surface area contributed by atoms with E-state index in [1.165, 1.54) is 19.4 Å². The smallest absolute Gasteiger partial charge is 0.397 e. The van der Waals surface area contributed by atoms with Gasteiger partial charge in [0.1, 0.15) is 23.8 Å². The van der Waals surface area contributed by atoms with E-state index in [0.29, 0.717) is 36.5 Å². The van der Waals surface area contributed by atoms with Gasteiger partial charge < -0.3 is 9.64 Å². The molecule has 2 unspecified atom stereocenters. The predicted octanol–water partition coefficient (Wildman–Crippen LogP) is 4.23. The van der Waals surface area contributed by atoms with Crippen molar-refractivity contribution in [1.29, 1.82) is 0 Å². The molecule has 0 bridgehead atoms. The largest absolute Gasteiger partial charge is 0.496 e. The minimum absolute atomic E-state index is 0.178. The Bertz CT molecular complexity index is 928. The molecule has 11 heteroatoms. The first-order valence-electron chi connectivity index (χ1n) is 9.47. The lowest BCUT2D eigenvalue weighted by Gasteiger charge is -2.37. The van der Waals surface area contributed by atoms with Crippen LogP contribution in [-0.2, 0) is 4.79 Å². The topological polar surface area (TPSA) is 66.5 Å². The lowest BCUT2D eigenvalue weighted by atomic mass is 9.87. The molecule has 2 aromatic rings. The average Bonchev–Trinajstić information content (AvgIpc) is 2.71. The molecule has 1 amide bonds. The fraction of sp³-hybridized carbons (Fsp3) is 0.400. The van der Waals surface area contributed by atoms with Crippen molar-refractivity contribution in [2.24, 2.45) is 0 Å². The highest BCUT2D eigenvalue weighted by Gasteiger charge is 2.33. The molecule has 6 nitrogen and oxygen atoms in total. The highest BCUT2D eigenvalue weighted by atomic mass is 35.5. The van der Waals surface area contributed by atoms with E-state index in [1.807, 2.05) is 10.3 Å². The van der Waals surface area contributed by atoms with Gasteiger partial charge in [-0.15, -0.1) is 11.6 Å². The Labute approximate surface area is 181 Å². The number of carbonyl (C=O) groups excluding carboxylic acids is 1. The van der Waals surface area contributed by atoms with Crippen molar-refractivity contribution in [2.75, 3.05) is 30.5 Å². The number of nitrogens with zero attached hydrogens (tertiary/aromatic N) is 2. The molecule has 31 heavy (non-hydrogen) atoms. The number of nitrogens with one attached hydrogen (secondary N) is 2. The van der Waals surface area contributed by atoms with Crippen LogP contribution in [0.1, 0.15) is 24.3 Å². The van der Waals surface area contributed by atoms with Crippen molar-refractivity contribution in [3.05, 3.63) is 47.9 Å². The van der Waals surface area contributed by atoms with Gasteiger partial charge in [0.05, 0.1) is 12.5 Å². The Balaban J connectivity index is 1.66. The Morgan fingerprint density at radius 3 is 2.81 bits per heavy atom. The van der Waals surface area contributed by atoms with Crippen LogP contribution in [-0.4, -0.2) is 42.6 Å². The average molecular weight is 461 g/mol. The van der Waals surface area contributed by atoms with Crippen molar-refractivity contribution < 1.29 is 27.1 Å². The summed E-state index contributed by atoms with van der Waals surface area (Å²) in [6.07, 6.45) is -4.16. The first-order valence-corrected chi connectivity index (χ1v) is 9.90. The summed E-state index contributed by atoms with van der Waals surface area (Å²) in [4.78, 5) is 17.3. The number of halogens is 5. The molecule has 168 valence electrons. The summed E-state index contributed by atoms with van der Waals surface area (Å²) in [6, 6.07) is 7.96. The quantitative estimate of drug-likeness (QED) is 0.384. The fourth-order valence-corrected chi connectivity index (χ4v) is 3.98. The number of pyridine rings is 1. The van der Waals surface area contributed by atoms with Crippen LogP contribution >= 0.6 is 11.6 Å². The summed E-state index contributed by atoms with van der Waals surface area (Å²) in [5.74, 6) is -1.20. The molecule has 1 fully saturated rings. The maximum Gasteiger partial charge on any atom is 0.397 e. The summed E-state index contributed by atoms with van der Waals surface area (Å²) in [5.41, 5.74) is 5.52. The van der Waals surface area contributed by atoms with E-state index in [-0.39, 0.29) is 17.6 Å². The molecule has 0 spiro atoms. The predicted molar refractivity (Wildman–Crippen MR) is 109 cm³/mol. The van der Waals surface area contributed by atoms with Gasteiger partial charge >= 0.3 is 6.18 Å². The minimum atomic E-state index is -4.60. The van der Waals surface area contributed by atoms with Crippen LogP contribution in [0, 0.1) is 5.82 Å². The van der Waals surface area contributed by atoms with Crippen LogP contribution in [0.5, 0.6) is 5.75 Å². The normalized spacial score (nSPS) is 19.1. The fourth-order valence-electron chi connectivity index (χ4n) is 3.56. The van der Waals surface area contributed by atoms with Gasteiger partial charge in [0.15, 0.2) is 0 Å². The second-order valence-electron chi connectivity index (χ2n) is 7.08. The number of hydrogen-bond donors (Lipinski definition) is 2. The standard InChI is InChI=1S/C20H21ClF4N4O2/c1-31-16-4-2-3-15(22)19(16)13-6-8-29(11-14(13)21)12-5-7-26-17(9-12)27-28-18(30)10-20(23,24)25/h2-5,7,9,13-14H,6,8,10-11H2,1H3,(H,26,27)(H,28,30). The highest BCUT2D eigenvalue weighted by Crippen LogP contribution is 2.39. The Hall–Kier alpha value is -2.75. The van der Waals surface area contributed by atoms with Gasteiger partial charge in [-0.2, -0.15) is 13.2 Å². The van der Waals surface area contributed by atoms with Gasteiger partial charge in [-0.1, -0.05) is 6.07 Å². The molecule has 2 atom stereocenters. The lowest BCUT2D eigenvalue weighted by molar-refractivity contribution is -0.153. The molecule has 1 aliphatic rings. The number of piperidine rings is 1. The molecule has 1 aromatic carbocycles. The molecule has 3 rings (SSSR count). The number of benzene rings is 1. The van der Waals surface area contributed by atoms with Crippen molar-refractivity contribution in [1.82, 2.24) is 10.4 Å². The summed E-state index contributed by atoms with van der Waals surface area (Å²) in [5, 5.41) is -0.407. The van der Waals surface area contributed by atoms with Crippen molar-refractivity contribution in [3.63, 3.8) is 0 Å². The Morgan fingerprint density at radius 1 is 1.35 bits per heavy atom. The summed E-state index contributed by atoms with van der Waals surface area (Å²) in [6.45, 7) is 0.975. The Morgan fingerprint density at radius 2 is 2.13 bits per heavy atom. The molecule has 2 heterocycles. The third-order valence-corrected chi connectivity index (χ3v) is 5.39. The first-order chi connectivity index (χ1) is 14.7. The molecular weight excluding hydrogens is 440 g/mol. The molecule has 1 aromatic heterocycles. The molecular formula is C20H21ClF4N4O2. The molecule has 0 aliphatic carbocycles. The lowest BCUT2D eigenvalue weighted by Crippen LogP contribution is -2.40. The van der Waals surface area contributed by atoms with Crippen molar-refractivity contribution >= 4 is 29.0 Å². The number of hydrazine groups is 1. The summed E-state index contributed by atoms with van der Waals surface area (Å²) in [7, 11) is 1.48. The third-order valence-electron chi connectivity index (χ3n) is 4.94. The van der Waals surface area contributed by atoms with Gasteiger partial charge in [0.25, 0.3) is 0 Å².